The molecule has 0 saturated heterocycles. The molecule has 306 valence electrons. The Labute approximate surface area is 378 Å². The predicted molar refractivity (Wildman–Crippen MR) is 273 cm³/mol. The van der Waals surface area contributed by atoms with Crippen molar-refractivity contribution in [1.82, 2.24) is 19.5 Å². The van der Waals surface area contributed by atoms with Gasteiger partial charge in [-0.3, -0.25) is 0 Å². The third-order valence-corrected chi connectivity index (χ3v) is 13.4. The summed E-state index contributed by atoms with van der Waals surface area (Å²) in [6, 6.07) is 77.5. The van der Waals surface area contributed by atoms with Crippen LogP contribution in [0.4, 0.5) is 0 Å². The number of para-hydroxylation sites is 1. The molecule has 0 saturated carbocycles. The largest absolute Gasteiger partial charge is 0.455 e. The lowest BCUT2D eigenvalue weighted by molar-refractivity contribution is 0.672. The molecule has 0 bridgehead atoms. The van der Waals surface area contributed by atoms with Gasteiger partial charge in [-0.2, -0.15) is 0 Å². The molecule has 5 heteroatoms. The summed E-state index contributed by atoms with van der Waals surface area (Å²) in [4.78, 5) is 16.1. The molecule has 5 nitrogen and oxygen atoms in total. The second kappa shape index (κ2) is 14.3. The fourth-order valence-electron chi connectivity index (χ4n) is 10.3. The van der Waals surface area contributed by atoms with E-state index in [-0.39, 0.29) is 0 Å². The van der Waals surface area contributed by atoms with Crippen LogP contribution in [0.25, 0.3) is 138 Å². The smallest absolute Gasteiger partial charge is 0.164 e. The first-order valence-electron chi connectivity index (χ1n) is 22.3. The number of fused-ring (bicyclic) bond motifs is 12. The first-order chi connectivity index (χ1) is 32.7. The van der Waals surface area contributed by atoms with Gasteiger partial charge in [0.25, 0.3) is 0 Å². The maximum Gasteiger partial charge on any atom is 0.164 e. The summed E-state index contributed by atoms with van der Waals surface area (Å²) in [5.41, 5.74) is 9.77. The van der Waals surface area contributed by atoms with Gasteiger partial charge >= 0.3 is 0 Å². The molecule has 0 aliphatic heterocycles. The van der Waals surface area contributed by atoms with Crippen LogP contribution in [0, 0.1) is 0 Å². The molecule has 11 aromatic carbocycles. The Balaban J connectivity index is 1.08. The Morgan fingerprint density at radius 3 is 1.71 bits per heavy atom. The zero-order valence-electron chi connectivity index (χ0n) is 35.5. The summed E-state index contributed by atoms with van der Waals surface area (Å²) >= 11 is 0. The molecule has 0 unspecified atom stereocenters. The lowest BCUT2D eigenvalue weighted by Crippen LogP contribution is -2.02. The molecular weight excluding hydrogens is 805 g/mol. The van der Waals surface area contributed by atoms with E-state index in [2.05, 4.69) is 217 Å². The molecule has 0 aliphatic rings. The van der Waals surface area contributed by atoms with Gasteiger partial charge in [0, 0.05) is 38.2 Å². The van der Waals surface area contributed by atoms with Crippen LogP contribution >= 0.6 is 0 Å². The Hall–Kier alpha value is -8.93. The van der Waals surface area contributed by atoms with Crippen molar-refractivity contribution in [2.75, 3.05) is 0 Å². The Bertz CT molecular complexity index is 4280. The topological polar surface area (TPSA) is 56.7 Å². The van der Waals surface area contributed by atoms with Crippen LogP contribution in [0.5, 0.6) is 0 Å². The third-order valence-electron chi connectivity index (χ3n) is 13.4. The van der Waals surface area contributed by atoms with E-state index in [9.17, 15) is 0 Å². The quantitative estimate of drug-likeness (QED) is 0.162. The average Bonchev–Trinajstić information content (AvgIpc) is 3.93. The lowest BCUT2D eigenvalue weighted by Gasteiger charge is -2.14. The van der Waals surface area contributed by atoms with Crippen molar-refractivity contribution in [3.05, 3.63) is 218 Å². The normalized spacial score (nSPS) is 11.9. The Morgan fingerprint density at radius 2 is 0.909 bits per heavy atom. The van der Waals surface area contributed by atoms with Crippen LogP contribution < -0.4 is 0 Å². The molecule has 0 radical (unpaired) electrons. The molecule has 0 atom stereocenters. The zero-order valence-corrected chi connectivity index (χ0v) is 35.5. The number of rotatable bonds is 5. The summed E-state index contributed by atoms with van der Waals surface area (Å²) in [5.74, 6) is 1.75. The Kier molecular flexibility index (Phi) is 7.91. The average molecular weight is 841 g/mol. The molecule has 3 heterocycles. The SMILES string of the molecule is c1ccc(-c2ccc(-c3nc(-c4cc(-n5c6ccccc6c6cc7ccccc7cc65)c5c(c4)oc4c6ccccc6ccc45)nc(-c4cc5ccccc5c5ccccc45)n3)cc2)cc1. The van der Waals surface area contributed by atoms with Crippen molar-refractivity contribution in [2.45, 2.75) is 0 Å². The van der Waals surface area contributed by atoms with Gasteiger partial charge in [-0.25, -0.2) is 15.0 Å². The number of hydrogen-bond acceptors (Lipinski definition) is 4. The van der Waals surface area contributed by atoms with Gasteiger partial charge in [-0.15, -0.1) is 0 Å². The molecule has 0 aliphatic carbocycles. The van der Waals surface area contributed by atoms with Crippen molar-refractivity contribution in [2.24, 2.45) is 0 Å². The maximum atomic E-state index is 7.07. The van der Waals surface area contributed by atoms with Crippen LogP contribution in [-0.4, -0.2) is 19.5 Å². The van der Waals surface area contributed by atoms with Crippen LogP contribution in [0.1, 0.15) is 0 Å². The Morgan fingerprint density at radius 1 is 0.318 bits per heavy atom. The number of aromatic nitrogens is 4. The van der Waals surface area contributed by atoms with Crippen molar-refractivity contribution in [3.63, 3.8) is 0 Å². The zero-order chi connectivity index (χ0) is 43.3. The molecule has 0 fully saturated rings. The van der Waals surface area contributed by atoms with E-state index in [0.29, 0.717) is 17.5 Å². The maximum absolute atomic E-state index is 7.07. The van der Waals surface area contributed by atoms with Gasteiger partial charge in [0.1, 0.15) is 11.2 Å². The van der Waals surface area contributed by atoms with E-state index >= 15 is 0 Å². The molecule has 0 N–H and O–H groups in total. The number of furan rings is 1. The standard InChI is InChI=1S/C61H36N4O/c1-2-14-37(15-3-1)38-26-28-40(29-27-38)59-62-60(64-61(63-59)52-33-43-19-7-8-20-45(43)47-22-10-11-23-48(47)52)44-35-55(57-50-31-30-39-16-6-9-21-46(39)58(50)66-56(57)36-44)65-53-25-13-12-24-49(53)51-32-41-17-4-5-18-42(41)34-54(51)65/h1-36H. The number of hydrogen-bond donors (Lipinski definition) is 0. The monoisotopic (exact) mass is 840 g/mol. The van der Waals surface area contributed by atoms with Gasteiger partial charge in [-0.1, -0.05) is 176 Å². The van der Waals surface area contributed by atoms with E-state index < -0.39 is 0 Å². The van der Waals surface area contributed by atoms with Gasteiger partial charge in [0.15, 0.2) is 17.5 Å². The van der Waals surface area contributed by atoms with Crippen molar-refractivity contribution in [3.8, 4) is 51.0 Å². The van der Waals surface area contributed by atoms with Gasteiger partial charge in [0.05, 0.1) is 22.1 Å². The predicted octanol–water partition coefficient (Wildman–Crippen LogP) is 16.1. The minimum Gasteiger partial charge on any atom is -0.455 e. The highest BCUT2D eigenvalue weighted by atomic mass is 16.3. The summed E-state index contributed by atoms with van der Waals surface area (Å²) < 4.78 is 9.48. The molecule has 66 heavy (non-hydrogen) atoms. The lowest BCUT2D eigenvalue weighted by atomic mass is 9.96. The van der Waals surface area contributed by atoms with Crippen LogP contribution in [0.3, 0.4) is 0 Å². The summed E-state index contributed by atoms with van der Waals surface area (Å²) in [7, 11) is 0. The third kappa shape index (κ3) is 5.63. The highest BCUT2D eigenvalue weighted by Crippen LogP contribution is 2.44. The fraction of sp³-hybridized carbons (Fsp3) is 0. The highest BCUT2D eigenvalue weighted by molar-refractivity contribution is 6.21. The second-order valence-corrected chi connectivity index (χ2v) is 17.1. The van der Waals surface area contributed by atoms with E-state index in [1.807, 2.05) is 6.07 Å². The second-order valence-electron chi connectivity index (χ2n) is 17.1. The van der Waals surface area contributed by atoms with Gasteiger partial charge in [0.2, 0.25) is 0 Å². The molecule has 0 spiro atoms. The first kappa shape index (κ1) is 36.5. The fourth-order valence-corrected chi connectivity index (χ4v) is 10.3. The molecular formula is C61H36N4O. The van der Waals surface area contributed by atoms with Gasteiger partial charge in [-0.05, 0) is 91.3 Å². The van der Waals surface area contributed by atoms with E-state index in [0.717, 1.165) is 93.4 Å². The molecule has 14 rings (SSSR count). The minimum atomic E-state index is 0.555. The van der Waals surface area contributed by atoms with Crippen LogP contribution in [0.15, 0.2) is 223 Å². The van der Waals surface area contributed by atoms with Crippen molar-refractivity contribution in [1.29, 1.82) is 0 Å². The van der Waals surface area contributed by atoms with Crippen molar-refractivity contribution < 1.29 is 4.42 Å². The molecule has 3 aromatic heterocycles. The number of nitrogens with zero attached hydrogens (tertiary/aromatic N) is 4. The summed E-state index contributed by atoms with van der Waals surface area (Å²) in [6.07, 6.45) is 0. The molecule has 14 aromatic rings. The molecule has 0 amide bonds. The highest BCUT2D eigenvalue weighted by Gasteiger charge is 2.23. The number of benzene rings is 11. The van der Waals surface area contributed by atoms with E-state index in [4.69, 9.17) is 19.4 Å². The van der Waals surface area contributed by atoms with Crippen LogP contribution in [-0.2, 0) is 0 Å². The van der Waals surface area contributed by atoms with Crippen molar-refractivity contribution >= 4 is 86.8 Å². The van der Waals surface area contributed by atoms with Crippen LogP contribution in [0.2, 0.25) is 0 Å². The summed E-state index contributed by atoms with van der Waals surface area (Å²) in [5, 5.41) is 13.6. The minimum absolute atomic E-state index is 0.555. The first-order valence-corrected chi connectivity index (χ1v) is 22.3. The van der Waals surface area contributed by atoms with E-state index in [1.165, 1.54) is 26.9 Å². The van der Waals surface area contributed by atoms with E-state index in [1.54, 1.807) is 0 Å². The van der Waals surface area contributed by atoms with Gasteiger partial charge < -0.3 is 8.98 Å². The summed E-state index contributed by atoms with van der Waals surface area (Å²) in [6.45, 7) is 0.